The highest BCUT2D eigenvalue weighted by atomic mass is 16.4. The molecule has 11 heavy (non-hydrogen) atoms. The van der Waals surface area contributed by atoms with Crippen LogP contribution >= 0.6 is 0 Å². The first-order valence-corrected chi connectivity index (χ1v) is 3.95. The predicted molar refractivity (Wildman–Crippen MR) is 41.4 cm³/mol. The van der Waals surface area contributed by atoms with Gasteiger partial charge in [-0.25, -0.2) is 4.79 Å². The lowest BCUT2D eigenvalue weighted by Crippen LogP contribution is -2.48. The second kappa shape index (κ2) is 3.57. The molecule has 1 saturated carbocycles. The summed E-state index contributed by atoms with van der Waals surface area (Å²) < 4.78 is 0. The summed E-state index contributed by atoms with van der Waals surface area (Å²) in [7, 11) is 0. The van der Waals surface area contributed by atoms with Crippen LogP contribution in [0, 0.1) is 0 Å². The Kier molecular flexibility index (Phi) is 2.70. The molecule has 4 heteroatoms. The van der Waals surface area contributed by atoms with Gasteiger partial charge in [0.2, 0.25) is 0 Å². The molecule has 0 aromatic rings. The van der Waals surface area contributed by atoms with Crippen LogP contribution in [-0.2, 0) is 0 Å². The minimum atomic E-state index is -0.965. The quantitative estimate of drug-likeness (QED) is 0.521. The van der Waals surface area contributed by atoms with Crippen LogP contribution in [-0.4, -0.2) is 23.3 Å². The van der Waals surface area contributed by atoms with Crippen molar-refractivity contribution in [2.24, 2.45) is 5.73 Å². The molecule has 1 amide bonds. The SMILES string of the molecule is N[C@H]1CCCC[C@@H]1NC(=O)O. The van der Waals surface area contributed by atoms with Crippen LogP contribution in [0.25, 0.3) is 0 Å². The van der Waals surface area contributed by atoms with Crippen LogP contribution in [0.15, 0.2) is 0 Å². The molecule has 4 nitrogen and oxygen atoms in total. The number of amides is 1. The number of hydrogen-bond donors (Lipinski definition) is 3. The van der Waals surface area contributed by atoms with Crippen molar-refractivity contribution in [2.45, 2.75) is 37.8 Å². The van der Waals surface area contributed by atoms with Gasteiger partial charge in [-0.2, -0.15) is 0 Å². The molecule has 0 saturated heterocycles. The first-order valence-electron chi connectivity index (χ1n) is 3.95. The summed E-state index contributed by atoms with van der Waals surface area (Å²) in [6.45, 7) is 0. The molecule has 1 rings (SSSR count). The Labute approximate surface area is 65.8 Å². The van der Waals surface area contributed by atoms with Crippen LogP contribution < -0.4 is 11.1 Å². The van der Waals surface area contributed by atoms with Crippen molar-refractivity contribution >= 4 is 6.09 Å². The average Bonchev–Trinajstić information content (AvgIpc) is 1.93. The first kappa shape index (κ1) is 8.33. The summed E-state index contributed by atoms with van der Waals surface area (Å²) in [5.41, 5.74) is 5.70. The molecule has 0 aromatic carbocycles. The normalized spacial score (nSPS) is 31.4. The Bertz CT molecular complexity index is 149. The molecular formula is C7H14N2O2. The van der Waals surface area contributed by atoms with Crippen molar-refractivity contribution in [3.8, 4) is 0 Å². The lowest BCUT2D eigenvalue weighted by Gasteiger charge is -2.27. The largest absolute Gasteiger partial charge is 0.465 e. The monoisotopic (exact) mass is 158 g/mol. The van der Waals surface area contributed by atoms with Crippen molar-refractivity contribution in [1.29, 1.82) is 0 Å². The fourth-order valence-electron chi connectivity index (χ4n) is 1.50. The number of carboxylic acid groups (broad SMARTS) is 1. The number of nitrogens with two attached hydrogens (primary N) is 1. The minimum Gasteiger partial charge on any atom is -0.465 e. The zero-order valence-corrected chi connectivity index (χ0v) is 6.42. The number of hydrogen-bond acceptors (Lipinski definition) is 2. The van der Waals surface area contributed by atoms with Crippen LogP contribution in [0.1, 0.15) is 25.7 Å². The molecule has 0 heterocycles. The zero-order valence-electron chi connectivity index (χ0n) is 6.42. The van der Waals surface area contributed by atoms with Gasteiger partial charge in [-0.05, 0) is 12.8 Å². The lowest BCUT2D eigenvalue weighted by atomic mass is 9.91. The van der Waals surface area contributed by atoms with E-state index in [0.717, 1.165) is 25.7 Å². The lowest BCUT2D eigenvalue weighted by molar-refractivity contribution is 0.183. The molecule has 0 unspecified atom stereocenters. The van der Waals surface area contributed by atoms with E-state index in [4.69, 9.17) is 10.8 Å². The number of carbonyl (C=O) groups is 1. The number of rotatable bonds is 1. The van der Waals surface area contributed by atoms with Crippen molar-refractivity contribution < 1.29 is 9.90 Å². The topological polar surface area (TPSA) is 75.3 Å². The van der Waals surface area contributed by atoms with E-state index in [1.807, 2.05) is 0 Å². The van der Waals surface area contributed by atoms with Crippen LogP contribution in [0.3, 0.4) is 0 Å². The molecule has 0 bridgehead atoms. The molecule has 2 atom stereocenters. The third kappa shape index (κ3) is 2.38. The van der Waals surface area contributed by atoms with E-state index in [1.165, 1.54) is 0 Å². The van der Waals surface area contributed by atoms with Gasteiger partial charge in [0.15, 0.2) is 0 Å². The van der Waals surface area contributed by atoms with Gasteiger partial charge in [-0.15, -0.1) is 0 Å². The molecule has 4 N–H and O–H groups in total. The van der Waals surface area contributed by atoms with E-state index in [0.29, 0.717) is 0 Å². The third-order valence-corrected chi connectivity index (χ3v) is 2.13. The highest BCUT2D eigenvalue weighted by molar-refractivity contribution is 5.64. The average molecular weight is 158 g/mol. The molecule has 64 valence electrons. The van der Waals surface area contributed by atoms with Gasteiger partial charge in [0.25, 0.3) is 0 Å². The van der Waals surface area contributed by atoms with Crippen molar-refractivity contribution in [3.05, 3.63) is 0 Å². The van der Waals surface area contributed by atoms with Crippen molar-refractivity contribution in [1.82, 2.24) is 5.32 Å². The summed E-state index contributed by atoms with van der Waals surface area (Å²) in [4.78, 5) is 10.2. The second-order valence-electron chi connectivity index (χ2n) is 3.00. The third-order valence-electron chi connectivity index (χ3n) is 2.13. The maximum absolute atomic E-state index is 10.2. The zero-order chi connectivity index (χ0) is 8.27. The molecule has 1 aliphatic rings. The van der Waals surface area contributed by atoms with Crippen molar-refractivity contribution in [3.63, 3.8) is 0 Å². The minimum absolute atomic E-state index is 0.0137. The molecule has 0 aromatic heterocycles. The van der Waals surface area contributed by atoms with Gasteiger partial charge in [0.05, 0.1) is 0 Å². The summed E-state index contributed by atoms with van der Waals surface area (Å²) in [6, 6.07) is -0.0129. The Morgan fingerprint density at radius 2 is 2.09 bits per heavy atom. The predicted octanol–water partition coefficient (Wildman–Crippen LogP) is 0.524. The first-order chi connectivity index (χ1) is 5.20. The molecule has 1 aliphatic carbocycles. The second-order valence-corrected chi connectivity index (χ2v) is 3.00. The van der Waals surface area contributed by atoms with E-state index in [1.54, 1.807) is 0 Å². The highest BCUT2D eigenvalue weighted by Gasteiger charge is 2.22. The standard InChI is InChI=1S/C7H14N2O2/c8-5-3-1-2-4-6(5)9-7(10)11/h5-6,9H,1-4,8H2,(H,10,11)/t5-,6-/m0/s1. The molecule has 1 fully saturated rings. The summed E-state index contributed by atoms with van der Waals surface area (Å²) in [6.07, 6.45) is 3.06. The van der Waals surface area contributed by atoms with Gasteiger partial charge in [-0.1, -0.05) is 12.8 Å². The van der Waals surface area contributed by atoms with E-state index in [2.05, 4.69) is 5.32 Å². The Balaban J connectivity index is 2.35. The van der Waals surface area contributed by atoms with Crippen LogP contribution in [0.2, 0.25) is 0 Å². The summed E-state index contributed by atoms with van der Waals surface area (Å²) in [5.74, 6) is 0. The van der Waals surface area contributed by atoms with E-state index in [-0.39, 0.29) is 12.1 Å². The number of nitrogens with one attached hydrogen (secondary N) is 1. The maximum atomic E-state index is 10.2. The van der Waals surface area contributed by atoms with Gasteiger partial charge < -0.3 is 16.2 Å². The van der Waals surface area contributed by atoms with Crippen LogP contribution in [0.5, 0.6) is 0 Å². The van der Waals surface area contributed by atoms with E-state index in [9.17, 15) is 4.79 Å². The fourth-order valence-corrected chi connectivity index (χ4v) is 1.50. The molecular weight excluding hydrogens is 144 g/mol. The van der Waals surface area contributed by atoms with E-state index < -0.39 is 6.09 Å². The maximum Gasteiger partial charge on any atom is 0.404 e. The van der Waals surface area contributed by atoms with Crippen LogP contribution in [0.4, 0.5) is 4.79 Å². The van der Waals surface area contributed by atoms with E-state index >= 15 is 0 Å². The summed E-state index contributed by atoms with van der Waals surface area (Å²) >= 11 is 0. The van der Waals surface area contributed by atoms with Gasteiger partial charge in [0, 0.05) is 12.1 Å². The van der Waals surface area contributed by atoms with Gasteiger partial charge in [0.1, 0.15) is 0 Å². The Morgan fingerprint density at radius 1 is 1.45 bits per heavy atom. The van der Waals surface area contributed by atoms with Crippen molar-refractivity contribution in [2.75, 3.05) is 0 Å². The Morgan fingerprint density at radius 3 is 2.64 bits per heavy atom. The smallest absolute Gasteiger partial charge is 0.404 e. The van der Waals surface area contributed by atoms with Gasteiger partial charge in [-0.3, -0.25) is 0 Å². The highest BCUT2D eigenvalue weighted by Crippen LogP contribution is 2.16. The van der Waals surface area contributed by atoms with Gasteiger partial charge >= 0.3 is 6.09 Å². The molecule has 0 aliphatic heterocycles. The summed E-state index contributed by atoms with van der Waals surface area (Å²) in [5, 5.41) is 10.8. The fraction of sp³-hybridized carbons (Fsp3) is 0.857. The molecule has 0 spiro atoms. The Hall–Kier alpha value is -0.770. The molecule has 0 radical (unpaired) electrons.